The molecule has 5 heteroatoms. The summed E-state index contributed by atoms with van der Waals surface area (Å²) in [6.45, 7) is 0. The van der Waals surface area contributed by atoms with Crippen LogP contribution in [0.5, 0.6) is 5.75 Å². The largest absolute Gasteiger partial charge is 0.497 e. The summed E-state index contributed by atoms with van der Waals surface area (Å²) in [6, 6.07) is 20.2. The predicted octanol–water partition coefficient (Wildman–Crippen LogP) is 5.76. The van der Waals surface area contributed by atoms with Gasteiger partial charge in [0.15, 0.2) is 0 Å². The third-order valence-electron chi connectivity index (χ3n) is 5.86. The number of ketones is 1. The topological polar surface area (TPSA) is 50.7 Å². The Balaban J connectivity index is 1.55. The van der Waals surface area contributed by atoms with Gasteiger partial charge in [-0.3, -0.25) is 9.79 Å². The van der Waals surface area contributed by atoms with Gasteiger partial charge in [0.2, 0.25) is 0 Å². The van der Waals surface area contributed by atoms with Crippen LogP contribution < -0.4 is 10.1 Å². The Hall–Kier alpha value is -2.92. The first-order valence-electron chi connectivity index (χ1n) is 9.86. The molecular weight excluding hydrogens is 380 g/mol. The monoisotopic (exact) mass is 402 g/mol. The zero-order valence-corrected chi connectivity index (χ0v) is 17.0. The molecule has 1 unspecified atom stereocenters. The maximum absolute atomic E-state index is 13.4. The van der Waals surface area contributed by atoms with Crippen molar-refractivity contribution in [1.29, 1.82) is 0 Å². The number of ether oxygens (including phenoxy) is 1. The van der Waals surface area contributed by atoms with Crippen LogP contribution in [0.25, 0.3) is 0 Å². The smallest absolute Gasteiger partial charge is 0.144 e. The molecule has 0 spiro atoms. The molecule has 1 fully saturated rings. The Morgan fingerprint density at radius 1 is 1.03 bits per heavy atom. The maximum Gasteiger partial charge on any atom is 0.144 e. The molecule has 4 nitrogen and oxygen atoms in total. The lowest BCUT2D eigenvalue weighted by molar-refractivity contribution is -0.122. The number of anilines is 1. The first-order valence-corrected chi connectivity index (χ1v) is 10.7. The minimum atomic E-state index is -0.226. The molecule has 2 aromatic carbocycles. The molecule has 2 heterocycles. The number of rotatable bonds is 3. The summed E-state index contributed by atoms with van der Waals surface area (Å²) in [5, 5.41) is 5.69. The molecule has 0 amide bonds. The number of para-hydroxylation sites is 2. The van der Waals surface area contributed by atoms with Crippen molar-refractivity contribution in [3.8, 4) is 5.75 Å². The van der Waals surface area contributed by atoms with Gasteiger partial charge in [-0.05, 0) is 53.6 Å². The predicted molar refractivity (Wildman–Crippen MR) is 118 cm³/mol. The Kier molecular flexibility index (Phi) is 4.68. The van der Waals surface area contributed by atoms with Gasteiger partial charge in [-0.15, -0.1) is 11.3 Å². The Morgan fingerprint density at radius 2 is 1.86 bits per heavy atom. The number of aliphatic imine (C=N–C) groups is 1. The molecule has 1 saturated carbocycles. The number of hydrogen-bond donors (Lipinski definition) is 1. The first kappa shape index (κ1) is 18.1. The lowest BCUT2D eigenvalue weighted by atomic mass is 9.73. The zero-order chi connectivity index (χ0) is 19.8. The number of nitrogens with zero attached hydrogens (tertiary/aromatic N) is 1. The molecule has 0 bridgehead atoms. The molecule has 5 rings (SSSR count). The molecule has 1 aliphatic heterocycles. The van der Waals surface area contributed by atoms with Crippen LogP contribution in [0.3, 0.4) is 0 Å². The molecule has 29 heavy (non-hydrogen) atoms. The van der Waals surface area contributed by atoms with E-state index in [1.807, 2.05) is 42.5 Å². The molecule has 1 N–H and O–H groups in total. The van der Waals surface area contributed by atoms with Crippen LogP contribution >= 0.6 is 11.3 Å². The number of thiophene rings is 1. The van der Waals surface area contributed by atoms with Crippen LogP contribution in [-0.2, 0) is 4.79 Å². The average Bonchev–Trinajstić information content (AvgIpc) is 3.22. The first-order chi connectivity index (χ1) is 14.2. The summed E-state index contributed by atoms with van der Waals surface area (Å²) < 4.78 is 5.28. The summed E-state index contributed by atoms with van der Waals surface area (Å²) in [6.07, 6.45) is 1.33. The van der Waals surface area contributed by atoms with Gasteiger partial charge >= 0.3 is 0 Å². The van der Waals surface area contributed by atoms with Crippen LogP contribution in [0.4, 0.5) is 11.4 Å². The molecule has 0 saturated heterocycles. The summed E-state index contributed by atoms with van der Waals surface area (Å²) in [4.78, 5) is 19.6. The Labute approximate surface area is 174 Å². The van der Waals surface area contributed by atoms with E-state index in [0.717, 1.165) is 29.3 Å². The lowest BCUT2D eigenvalue weighted by Gasteiger charge is -2.33. The van der Waals surface area contributed by atoms with E-state index in [1.54, 1.807) is 18.4 Å². The van der Waals surface area contributed by atoms with Gasteiger partial charge < -0.3 is 10.1 Å². The van der Waals surface area contributed by atoms with Crippen molar-refractivity contribution in [2.24, 2.45) is 10.9 Å². The van der Waals surface area contributed by atoms with Crippen molar-refractivity contribution < 1.29 is 9.53 Å². The number of carbonyl (C=O) groups excluding carboxylic acids is 1. The van der Waals surface area contributed by atoms with Crippen molar-refractivity contribution in [2.75, 3.05) is 12.4 Å². The number of fused-ring (bicyclic) bond motifs is 2. The van der Waals surface area contributed by atoms with E-state index in [2.05, 4.69) is 28.9 Å². The highest BCUT2D eigenvalue weighted by molar-refractivity contribution is 7.10. The second-order valence-corrected chi connectivity index (χ2v) is 8.56. The Morgan fingerprint density at radius 3 is 2.62 bits per heavy atom. The quantitative estimate of drug-likeness (QED) is 0.606. The van der Waals surface area contributed by atoms with Crippen LogP contribution in [0, 0.1) is 5.92 Å². The van der Waals surface area contributed by atoms with Crippen molar-refractivity contribution in [3.63, 3.8) is 0 Å². The van der Waals surface area contributed by atoms with Crippen molar-refractivity contribution in [2.45, 2.75) is 24.8 Å². The Bertz CT molecular complexity index is 1060. The van der Waals surface area contributed by atoms with Crippen LogP contribution in [-0.4, -0.2) is 18.6 Å². The highest BCUT2D eigenvalue weighted by atomic mass is 32.1. The van der Waals surface area contributed by atoms with E-state index in [4.69, 9.17) is 9.73 Å². The number of benzene rings is 2. The number of hydrogen-bond acceptors (Lipinski definition) is 5. The van der Waals surface area contributed by atoms with Crippen molar-refractivity contribution in [3.05, 3.63) is 76.5 Å². The SMILES string of the molecule is COc1ccc([C@@H]2CC(=O)C3C(=Nc4ccccc4N[C@@H]3c3cccs3)C2)cc1. The third kappa shape index (κ3) is 3.36. The molecule has 3 atom stereocenters. The van der Waals surface area contributed by atoms with Gasteiger partial charge in [0.25, 0.3) is 0 Å². The van der Waals surface area contributed by atoms with Crippen molar-refractivity contribution >= 4 is 34.2 Å². The number of Topliss-reactive ketones (excluding diaryl/α,β-unsaturated/α-hetero) is 1. The number of methoxy groups -OCH3 is 1. The molecule has 146 valence electrons. The van der Waals surface area contributed by atoms with E-state index in [0.29, 0.717) is 6.42 Å². The summed E-state index contributed by atoms with van der Waals surface area (Å²) in [5.74, 6) is 1.01. The number of carbonyl (C=O) groups is 1. The highest BCUT2D eigenvalue weighted by Crippen LogP contribution is 2.44. The van der Waals surface area contributed by atoms with Gasteiger partial charge in [0, 0.05) is 17.0 Å². The van der Waals surface area contributed by atoms with Gasteiger partial charge in [0.05, 0.1) is 30.4 Å². The normalized spacial score (nSPS) is 23.3. The highest BCUT2D eigenvalue weighted by Gasteiger charge is 2.41. The van der Waals surface area contributed by atoms with Gasteiger partial charge in [-0.1, -0.05) is 30.3 Å². The fourth-order valence-electron chi connectivity index (χ4n) is 4.41. The van der Waals surface area contributed by atoms with Crippen molar-refractivity contribution in [1.82, 2.24) is 0 Å². The molecule has 0 radical (unpaired) electrons. The molecular formula is C24H22N2O2S. The minimum absolute atomic E-state index is 0.0679. The summed E-state index contributed by atoms with van der Waals surface area (Å²) in [7, 11) is 1.67. The third-order valence-corrected chi connectivity index (χ3v) is 6.81. The second kappa shape index (κ2) is 7.48. The zero-order valence-electron chi connectivity index (χ0n) is 16.2. The second-order valence-electron chi connectivity index (χ2n) is 7.58. The fraction of sp³-hybridized carbons (Fsp3) is 0.250. The number of nitrogens with one attached hydrogen (secondary N) is 1. The van der Waals surface area contributed by atoms with Crippen LogP contribution in [0.2, 0.25) is 0 Å². The van der Waals surface area contributed by atoms with Gasteiger partial charge in [-0.25, -0.2) is 0 Å². The average molecular weight is 403 g/mol. The molecule has 1 aliphatic carbocycles. The van der Waals surface area contributed by atoms with E-state index in [1.165, 1.54) is 10.4 Å². The fourth-order valence-corrected chi connectivity index (χ4v) is 5.23. The maximum atomic E-state index is 13.4. The van der Waals surface area contributed by atoms with E-state index in [9.17, 15) is 4.79 Å². The van der Waals surface area contributed by atoms with E-state index >= 15 is 0 Å². The molecule has 2 aliphatic rings. The standard InChI is InChI=1S/C24H22N2O2S/c1-28-17-10-8-15(9-11-17)16-13-20-23(21(27)14-16)24(22-7-4-12-29-22)26-19-6-3-2-5-18(19)25-20/h2-12,16,23-24,26H,13-14H2,1H3/t16-,23?,24+/m0/s1. The lowest BCUT2D eigenvalue weighted by Crippen LogP contribution is -2.38. The summed E-state index contributed by atoms with van der Waals surface area (Å²) in [5.41, 5.74) is 4.05. The van der Waals surface area contributed by atoms with Gasteiger partial charge in [0.1, 0.15) is 11.5 Å². The van der Waals surface area contributed by atoms with E-state index in [-0.39, 0.29) is 23.7 Å². The van der Waals surface area contributed by atoms with Crippen LogP contribution in [0.15, 0.2) is 71.0 Å². The molecule has 1 aromatic heterocycles. The van der Waals surface area contributed by atoms with Gasteiger partial charge in [-0.2, -0.15) is 0 Å². The van der Waals surface area contributed by atoms with Crippen LogP contribution in [0.1, 0.15) is 35.2 Å². The minimum Gasteiger partial charge on any atom is -0.497 e. The van der Waals surface area contributed by atoms with E-state index < -0.39 is 0 Å². The summed E-state index contributed by atoms with van der Waals surface area (Å²) >= 11 is 1.69. The molecule has 3 aromatic rings.